The monoisotopic (exact) mass is 284 g/mol. The van der Waals surface area contributed by atoms with Crippen LogP contribution in [-0.2, 0) is 0 Å². The quantitative estimate of drug-likeness (QED) is 0.876. The number of nitrogens with zero attached hydrogens (tertiary/aromatic N) is 2. The van der Waals surface area contributed by atoms with E-state index in [0.717, 1.165) is 0 Å². The Morgan fingerprint density at radius 1 is 1.44 bits per heavy atom. The number of hydrogen-bond acceptors (Lipinski definition) is 3. The molecule has 0 aliphatic rings. The minimum Gasteiger partial charge on any atom is -0.364 e. The first kappa shape index (κ1) is 10.7. The number of carbonyl (C=O) groups excluding carboxylic acids is 1. The summed E-state index contributed by atoms with van der Waals surface area (Å²) in [7, 11) is 0. The van der Waals surface area contributed by atoms with Crippen LogP contribution in [-0.4, -0.2) is 21.3 Å². The number of aromatic amines is 1. The molecule has 2 aromatic rings. The molecule has 7 heteroatoms. The number of rotatable bonds is 2. The second-order valence-corrected chi connectivity index (χ2v) is 3.87. The van der Waals surface area contributed by atoms with Gasteiger partial charge in [-0.15, -0.1) is 0 Å². The van der Waals surface area contributed by atoms with Crippen molar-refractivity contribution in [2.75, 3.05) is 0 Å². The zero-order valence-electron chi connectivity index (χ0n) is 7.87. The summed E-state index contributed by atoms with van der Waals surface area (Å²) in [5, 5.41) is 9.64. The highest BCUT2D eigenvalue weighted by molar-refractivity contribution is 9.10. The Labute approximate surface area is 98.0 Å². The van der Waals surface area contributed by atoms with Gasteiger partial charge in [0.05, 0.1) is 4.47 Å². The first-order valence-corrected chi connectivity index (χ1v) is 5.05. The molecule has 1 aromatic heterocycles. The van der Waals surface area contributed by atoms with E-state index in [0.29, 0.717) is 10.0 Å². The van der Waals surface area contributed by atoms with Gasteiger partial charge in [-0.1, -0.05) is 6.07 Å². The van der Waals surface area contributed by atoms with Gasteiger partial charge >= 0.3 is 0 Å². The van der Waals surface area contributed by atoms with Crippen molar-refractivity contribution in [3.8, 4) is 11.3 Å². The van der Waals surface area contributed by atoms with E-state index >= 15 is 0 Å². The molecule has 0 atom stereocenters. The number of benzene rings is 1. The average Bonchev–Trinajstić information content (AvgIpc) is 2.71. The number of H-pyrrole nitrogens is 1. The van der Waals surface area contributed by atoms with Crippen molar-refractivity contribution in [2.24, 2.45) is 5.73 Å². The molecule has 0 saturated heterocycles. The van der Waals surface area contributed by atoms with Crippen LogP contribution in [0.25, 0.3) is 11.3 Å². The molecule has 0 bridgehead atoms. The van der Waals surface area contributed by atoms with Crippen LogP contribution in [0.5, 0.6) is 0 Å². The molecule has 1 heterocycles. The topological polar surface area (TPSA) is 84.7 Å². The summed E-state index contributed by atoms with van der Waals surface area (Å²) >= 11 is 3.03. The van der Waals surface area contributed by atoms with Crippen LogP contribution < -0.4 is 5.73 Å². The van der Waals surface area contributed by atoms with Crippen LogP contribution in [0.3, 0.4) is 0 Å². The van der Waals surface area contributed by atoms with Gasteiger partial charge in [-0.05, 0) is 28.1 Å². The van der Waals surface area contributed by atoms with Crippen LogP contribution in [0.1, 0.15) is 10.5 Å². The van der Waals surface area contributed by atoms with E-state index in [1.54, 1.807) is 6.07 Å². The number of hydrogen-bond donors (Lipinski definition) is 2. The summed E-state index contributed by atoms with van der Waals surface area (Å²) < 4.78 is 13.6. The molecule has 82 valence electrons. The van der Waals surface area contributed by atoms with Gasteiger partial charge in [0.25, 0.3) is 5.91 Å². The van der Waals surface area contributed by atoms with Crippen molar-refractivity contribution in [1.29, 1.82) is 0 Å². The van der Waals surface area contributed by atoms with Crippen LogP contribution in [0.2, 0.25) is 0 Å². The van der Waals surface area contributed by atoms with Crippen molar-refractivity contribution < 1.29 is 9.18 Å². The molecule has 0 fully saturated rings. The second-order valence-electron chi connectivity index (χ2n) is 3.01. The number of nitrogens with one attached hydrogen (secondary N) is 1. The Morgan fingerprint density at radius 3 is 2.81 bits per heavy atom. The molecular weight excluding hydrogens is 279 g/mol. The van der Waals surface area contributed by atoms with Gasteiger partial charge < -0.3 is 5.73 Å². The van der Waals surface area contributed by atoms with Gasteiger partial charge in [0.15, 0.2) is 5.69 Å². The molecule has 16 heavy (non-hydrogen) atoms. The van der Waals surface area contributed by atoms with E-state index in [-0.39, 0.29) is 11.4 Å². The fourth-order valence-electron chi connectivity index (χ4n) is 1.25. The van der Waals surface area contributed by atoms with Gasteiger partial charge in [-0.3, -0.25) is 4.79 Å². The summed E-state index contributed by atoms with van der Waals surface area (Å²) in [6, 6.07) is 4.37. The van der Waals surface area contributed by atoms with Gasteiger partial charge in [-0.2, -0.15) is 15.4 Å². The van der Waals surface area contributed by atoms with E-state index in [4.69, 9.17) is 5.73 Å². The number of halogens is 2. The van der Waals surface area contributed by atoms with Crippen molar-refractivity contribution >= 4 is 21.8 Å². The molecule has 0 saturated carbocycles. The van der Waals surface area contributed by atoms with Crippen LogP contribution in [0.15, 0.2) is 22.7 Å². The van der Waals surface area contributed by atoms with E-state index in [1.807, 2.05) is 0 Å². The predicted molar refractivity (Wildman–Crippen MR) is 58.0 cm³/mol. The lowest BCUT2D eigenvalue weighted by Gasteiger charge is -1.99. The zero-order chi connectivity index (χ0) is 11.7. The number of carbonyl (C=O) groups is 1. The molecule has 2 rings (SSSR count). The van der Waals surface area contributed by atoms with Crippen molar-refractivity contribution in [3.05, 3.63) is 34.2 Å². The summed E-state index contributed by atoms with van der Waals surface area (Å²) in [6.45, 7) is 0. The lowest BCUT2D eigenvalue weighted by atomic mass is 10.1. The van der Waals surface area contributed by atoms with Crippen LogP contribution >= 0.6 is 15.9 Å². The van der Waals surface area contributed by atoms with Gasteiger partial charge in [-0.25, -0.2) is 4.39 Å². The molecule has 0 radical (unpaired) electrons. The van der Waals surface area contributed by atoms with Gasteiger partial charge in [0.2, 0.25) is 0 Å². The number of amides is 1. The molecule has 0 unspecified atom stereocenters. The summed E-state index contributed by atoms with van der Waals surface area (Å²) in [6.07, 6.45) is 0. The molecule has 1 amide bonds. The Bertz CT molecular complexity index is 554. The van der Waals surface area contributed by atoms with Crippen LogP contribution in [0, 0.1) is 5.82 Å². The number of aromatic nitrogens is 3. The van der Waals surface area contributed by atoms with E-state index in [1.165, 1.54) is 12.1 Å². The second kappa shape index (κ2) is 4.01. The standard InChI is InChI=1S/C9H6BrFN4O/c10-5-2-1-4(3-6(5)11)7-8(9(12)16)14-15-13-7/h1-3H,(H2,12,16)(H,13,14,15). The largest absolute Gasteiger partial charge is 0.364 e. The molecule has 3 N–H and O–H groups in total. The molecule has 0 aliphatic heterocycles. The highest BCUT2D eigenvalue weighted by atomic mass is 79.9. The van der Waals surface area contributed by atoms with Gasteiger partial charge in [0.1, 0.15) is 11.5 Å². The summed E-state index contributed by atoms with van der Waals surface area (Å²) in [5.74, 6) is -1.16. The maximum atomic E-state index is 13.3. The third-order valence-electron chi connectivity index (χ3n) is 1.97. The molecule has 5 nitrogen and oxygen atoms in total. The molecule has 0 spiro atoms. The first-order chi connectivity index (χ1) is 7.59. The third-order valence-corrected chi connectivity index (χ3v) is 2.62. The number of primary amides is 1. The molecule has 1 aromatic carbocycles. The smallest absolute Gasteiger partial charge is 0.271 e. The third kappa shape index (κ3) is 1.81. The minimum absolute atomic E-state index is 0.0123. The van der Waals surface area contributed by atoms with Gasteiger partial charge in [0, 0.05) is 5.56 Å². The normalized spacial score (nSPS) is 10.4. The lowest BCUT2D eigenvalue weighted by Crippen LogP contribution is -2.12. The highest BCUT2D eigenvalue weighted by Gasteiger charge is 2.15. The first-order valence-electron chi connectivity index (χ1n) is 4.25. The Hall–Kier alpha value is -1.76. The minimum atomic E-state index is -0.716. The Balaban J connectivity index is 2.54. The number of nitrogens with two attached hydrogens (primary N) is 1. The SMILES string of the molecule is NC(=O)c1n[nH]nc1-c1ccc(Br)c(F)c1. The summed E-state index contributed by atoms with van der Waals surface area (Å²) in [5.41, 5.74) is 5.76. The van der Waals surface area contributed by atoms with E-state index in [9.17, 15) is 9.18 Å². The van der Waals surface area contributed by atoms with Crippen LogP contribution in [0.4, 0.5) is 4.39 Å². The predicted octanol–water partition coefficient (Wildman–Crippen LogP) is 1.47. The summed E-state index contributed by atoms with van der Waals surface area (Å²) in [4.78, 5) is 11.0. The fourth-order valence-corrected chi connectivity index (χ4v) is 1.49. The van der Waals surface area contributed by atoms with Crippen molar-refractivity contribution in [3.63, 3.8) is 0 Å². The fraction of sp³-hybridized carbons (Fsp3) is 0. The zero-order valence-corrected chi connectivity index (χ0v) is 9.45. The average molecular weight is 285 g/mol. The van der Waals surface area contributed by atoms with E-state index < -0.39 is 11.7 Å². The Morgan fingerprint density at radius 2 is 2.19 bits per heavy atom. The van der Waals surface area contributed by atoms with Crippen molar-refractivity contribution in [1.82, 2.24) is 15.4 Å². The van der Waals surface area contributed by atoms with E-state index in [2.05, 4.69) is 31.3 Å². The Kier molecular flexibility index (Phi) is 2.69. The van der Waals surface area contributed by atoms with Crippen molar-refractivity contribution in [2.45, 2.75) is 0 Å². The maximum absolute atomic E-state index is 13.3. The lowest BCUT2D eigenvalue weighted by molar-refractivity contribution is 0.0996. The molecular formula is C9H6BrFN4O. The maximum Gasteiger partial charge on any atom is 0.271 e. The highest BCUT2D eigenvalue weighted by Crippen LogP contribution is 2.24. The molecule has 0 aliphatic carbocycles.